The first-order valence-electron chi connectivity index (χ1n) is 5.65. The van der Waals surface area contributed by atoms with Crippen LogP contribution in [0.1, 0.15) is 19.4 Å². The molecule has 0 radical (unpaired) electrons. The maximum absolute atomic E-state index is 11.8. The van der Waals surface area contributed by atoms with Crippen molar-refractivity contribution in [3.63, 3.8) is 0 Å². The SMILES string of the molecule is CN[C@@H](Cc1ccccc1)C(=O)NC(C)C. The first-order valence-corrected chi connectivity index (χ1v) is 5.65. The first-order chi connectivity index (χ1) is 7.63. The molecule has 1 amide bonds. The van der Waals surface area contributed by atoms with Crippen LogP contribution >= 0.6 is 0 Å². The molecule has 3 heteroatoms. The fourth-order valence-electron chi connectivity index (χ4n) is 1.56. The quantitative estimate of drug-likeness (QED) is 0.786. The molecule has 0 aliphatic heterocycles. The zero-order valence-corrected chi connectivity index (χ0v) is 10.2. The van der Waals surface area contributed by atoms with Crippen molar-refractivity contribution in [1.29, 1.82) is 0 Å². The van der Waals surface area contributed by atoms with Gasteiger partial charge in [0.2, 0.25) is 5.91 Å². The predicted octanol–water partition coefficient (Wildman–Crippen LogP) is 1.34. The molecular weight excluding hydrogens is 200 g/mol. The minimum Gasteiger partial charge on any atom is -0.353 e. The van der Waals surface area contributed by atoms with E-state index >= 15 is 0 Å². The summed E-state index contributed by atoms with van der Waals surface area (Å²) in [4.78, 5) is 11.8. The molecule has 0 bridgehead atoms. The van der Waals surface area contributed by atoms with Crippen LogP contribution < -0.4 is 10.6 Å². The van der Waals surface area contributed by atoms with Crippen molar-refractivity contribution in [3.8, 4) is 0 Å². The van der Waals surface area contributed by atoms with Crippen LogP contribution in [0.25, 0.3) is 0 Å². The number of hydrogen-bond acceptors (Lipinski definition) is 2. The lowest BCUT2D eigenvalue weighted by Crippen LogP contribution is -2.46. The third-order valence-corrected chi connectivity index (χ3v) is 2.38. The van der Waals surface area contributed by atoms with E-state index in [1.54, 1.807) is 0 Å². The second-order valence-corrected chi connectivity index (χ2v) is 4.19. The number of amides is 1. The molecule has 0 heterocycles. The molecule has 3 nitrogen and oxygen atoms in total. The number of carbonyl (C=O) groups excluding carboxylic acids is 1. The molecule has 0 spiro atoms. The number of carbonyl (C=O) groups is 1. The van der Waals surface area contributed by atoms with Gasteiger partial charge in [0.25, 0.3) is 0 Å². The lowest BCUT2D eigenvalue weighted by molar-refractivity contribution is -0.123. The minimum absolute atomic E-state index is 0.0568. The van der Waals surface area contributed by atoms with Crippen LogP contribution in [0.5, 0.6) is 0 Å². The van der Waals surface area contributed by atoms with Gasteiger partial charge < -0.3 is 10.6 Å². The lowest BCUT2D eigenvalue weighted by atomic mass is 10.1. The molecule has 0 saturated heterocycles. The van der Waals surface area contributed by atoms with Gasteiger partial charge in [-0.3, -0.25) is 4.79 Å². The zero-order valence-electron chi connectivity index (χ0n) is 10.2. The fraction of sp³-hybridized carbons (Fsp3) is 0.462. The van der Waals surface area contributed by atoms with E-state index in [2.05, 4.69) is 10.6 Å². The molecule has 0 saturated carbocycles. The van der Waals surface area contributed by atoms with Crippen LogP contribution in [0, 0.1) is 0 Å². The highest BCUT2D eigenvalue weighted by Gasteiger charge is 2.16. The minimum atomic E-state index is -0.162. The normalized spacial score (nSPS) is 12.5. The largest absolute Gasteiger partial charge is 0.353 e. The second kappa shape index (κ2) is 6.28. The molecule has 1 aromatic rings. The van der Waals surface area contributed by atoms with Gasteiger partial charge >= 0.3 is 0 Å². The first kappa shape index (κ1) is 12.7. The van der Waals surface area contributed by atoms with Crippen molar-refractivity contribution in [2.24, 2.45) is 0 Å². The molecule has 1 rings (SSSR count). The highest BCUT2D eigenvalue weighted by Crippen LogP contribution is 2.03. The smallest absolute Gasteiger partial charge is 0.237 e. The van der Waals surface area contributed by atoms with Gasteiger partial charge in [-0.15, -0.1) is 0 Å². The molecule has 0 aromatic heterocycles. The summed E-state index contributed by atoms with van der Waals surface area (Å²) in [6.45, 7) is 3.93. The highest BCUT2D eigenvalue weighted by molar-refractivity contribution is 5.82. The average molecular weight is 220 g/mol. The Morgan fingerprint density at radius 2 is 1.88 bits per heavy atom. The van der Waals surface area contributed by atoms with E-state index in [1.165, 1.54) is 5.56 Å². The molecule has 0 aliphatic carbocycles. The van der Waals surface area contributed by atoms with E-state index in [0.29, 0.717) is 0 Å². The van der Waals surface area contributed by atoms with Crippen molar-refractivity contribution in [1.82, 2.24) is 10.6 Å². The molecule has 2 N–H and O–H groups in total. The third kappa shape index (κ3) is 4.03. The second-order valence-electron chi connectivity index (χ2n) is 4.19. The molecule has 16 heavy (non-hydrogen) atoms. The van der Waals surface area contributed by atoms with Gasteiger partial charge in [-0.1, -0.05) is 30.3 Å². The number of nitrogens with one attached hydrogen (secondary N) is 2. The summed E-state index contributed by atoms with van der Waals surface area (Å²) in [5, 5.41) is 5.96. The van der Waals surface area contributed by atoms with E-state index in [4.69, 9.17) is 0 Å². The standard InChI is InChI=1S/C13H20N2O/c1-10(2)15-13(16)12(14-3)9-11-7-5-4-6-8-11/h4-8,10,12,14H,9H2,1-3H3,(H,15,16)/t12-/m0/s1. The van der Waals surface area contributed by atoms with Gasteiger partial charge in [0, 0.05) is 6.04 Å². The zero-order chi connectivity index (χ0) is 12.0. The highest BCUT2D eigenvalue weighted by atomic mass is 16.2. The maximum Gasteiger partial charge on any atom is 0.237 e. The number of hydrogen-bond donors (Lipinski definition) is 2. The predicted molar refractivity (Wildman–Crippen MR) is 66.3 cm³/mol. The molecule has 0 aliphatic rings. The summed E-state index contributed by atoms with van der Waals surface area (Å²) in [5.74, 6) is 0.0568. The van der Waals surface area contributed by atoms with Crippen molar-refractivity contribution in [2.45, 2.75) is 32.4 Å². The molecule has 1 atom stereocenters. The Morgan fingerprint density at radius 3 is 2.38 bits per heavy atom. The van der Waals surface area contributed by atoms with Crippen molar-refractivity contribution in [2.75, 3.05) is 7.05 Å². The summed E-state index contributed by atoms with van der Waals surface area (Å²) in [5.41, 5.74) is 1.17. The van der Waals surface area contributed by atoms with Crippen molar-refractivity contribution < 1.29 is 4.79 Å². The summed E-state index contributed by atoms with van der Waals surface area (Å²) in [6.07, 6.45) is 0.718. The van der Waals surface area contributed by atoms with Crippen molar-refractivity contribution in [3.05, 3.63) is 35.9 Å². The summed E-state index contributed by atoms with van der Waals surface area (Å²) < 4.78 is 0. The van der Waals surface area contributed by atoms with Gasteiger partial charge in [-0.25, -0.2) is 0 Å². The molecule has 88 valence electrons. The van der Waals surface area contributed by atoms with Crippen LogP contribution in [-0.2, 0) is 11.2 Å². The van der Waals surface area contributed by atoms with Crippen molar-refractivity contribution >= 4 is 5.91 Å². The molecular formula is C13H20N2O. The Hall–Kier alpha value is -1.35. The van der Waals surface area contributed by atoms with Crippen LogP contribution in [0.3, 0.4) is 0 Å². The monoisotopic (exact) mass is 220 g/mol. The Balaban J connectivity index is 2.58. The topological polar surface area (TPSA) is 41.1 Å². The van der Waals surface area contributed by atoms with Gasteiger partial charge in [0.05, 0.1) is 6.04 Å². The van der Waals surface area contributed by atoms with Crippen LogP contribution in [0.4, 0.5) is 0 Å². The van der Waals surface area contributed by atoms with E-state index in [9.17, 15) is 4.79 Å². The summed E-state index contributed by atoms with van der Waals surface area (Å²) >= 11 is 0. The van der Waals surface area contributed by atoms with Crippen LogP contribution in [-0.4, -0.2) is 25.0 Å². The molecule has 1 aromatic carbocycles. The van der Waals surface area contributed by atoms with Gasteiger partial charge in [0.15, 0.2) is 0 Å². The van der Waals surface area contributed by atoms with Crippen LogP contribution in [0.15, 0.2) is 30.3 Å². The van der Waals surface area contributed by atoms with Crippen LogP contribution in [0.2, 0.25) is 0 Å². The fourth-order valence-corrected chi connectivity index (χ4v) is 1.56. The average Bonchev–Trinajstić information content (AvgIpc) is 2.26. The summed E-state index contributed by atoms with van der Waals surface area (Å²) in [7, 11) is 1.81. The third-order valence-electron chi connectivity index (χ3n) is 2.38. The Morgan fingerprint density at radius 1 is 1.25 bits per heavy atom. The van der Waals surface area contributed by atoms with Gasteiger partial charge in [-0.05, 0) is 32.9 Å². The van der Waals surface area contributed by atoms with E-state index in [0.717, 1.165) is 6.42 Å². The van der Waals surface area contributed by atoms with Gasteiger partial charge in [-0.2, -0.15) is 0 Å². The van der Waals surface area contributed by atoms with Gasteiger partial charge in [0.1, 0.15) is 0 Å². The number of rotatable bonds is 5. The summed E-state index contributed by atoms with van der Waals surface area (Å²) in [6, 6.07) is 10.0. The molecule has 0 fully saturated rings. The van der Waals surface area contributed by atoms with E-state index in [-0.39, 0.29) is 18.0 Å². The Kier molecular flexibility index (Phi) is 4.99. The van der Waals surface area contributed by atoms with E-state index in [1.807, 2.05) is 51.2 Å². The Bertz CT molecular complexity index is 322. The number of benzene rings is 1. The maximum atomic E-state index is 11.8. The van der Waals surface area contributed by atoms with E-state index < -0.39 is 0 Å². The lowest BCUT2D eigenvalue weighted by Gasteiger charge is -2.17. The number of likely N-dealkylation sites (N-methyl/N-ethyl adjacent to an activating group) is 1. The Labute approximate surface area is 97.2 Å². The molecule has 0 unspecified atom stereocenters.